The lowest BCUT2D eigenvalue weighted by Gasteiger charge is -2.14. The van der Waals surface area contributed by atoms with Gasteiger partial charge >= 0.3 is 5.97 Å². The minimum absolute atomic E-state index is 0.0339. The Morgan fingerprint density at radius 1 is 1.06 bits per heavy atom. The van der Waals surface area contributed by atoms with Crippen LogP contribution < -0.4 is 5.32 Å². The van der Waals surface area contributed by atoms with E-state index in [9.17, 15) is 24.5 Å². The summed E-state index contributed by atoms with van der Waals surface area (Å²) in [5, 5.41) is 13.4. The van der Waals surface area contributed by atoms with E-state index in [2.05, 4.69) is 15.3 Å². The number of nitro groups is 1. The van der Waals surface area contributed by atoms with Crippen LogP contribution in [0.4, 0.5) is 11.6 Å². The van der Waals surface area contributed by atoms with Gasteiger partial charge in [-0.2, -0.15) is 0 Å². The van der Waals surface area contributed by atoms with Crippen LogP contribution in [-0.4, -0.2) is 38.7 Å². The molecule has 0 spiro atoms. The van der Waals surface area contributed by atoms with Gasteiger partial charge in [0.1, 0.15) is 5.02 Å². The minimum Gasteiger partial charge on any atom is -0.449 e. The van der Waals surface area contributed by atoms with Gasteiger partial charge in [0.15, 0.2) is 11.9 Å². The van der Waals surface area contributed by atoms with Crippen LogP contribution >= 0.6 is 11.6 Å². The van der Waals surface area contributed by atoms with Gasteiger partial charge < -0.3 is 4.74 Å². The molecule has 10 nitrogen and oxygen atoms in total. The summed E-state index contributed by atoms with van der Waals surface area (Å²) in [7, 11) is 0. The lowest BCUT2D eigenvalue weighted by Crippen LogP contribution is -2.31. The zero-order valence-corrected chi connectivity index (χ0v) is 17.3. The van der Waals surface area contributed by atoms with Gasteiger partial charge in [-0.1, -0.05) is 29.8 Å². The maximum Gasteiger partial charge on any atom is 0.339 e. The van der Waals surface area contributed by atoms with E-state index in [0.29, 0.717) is 0 Å². The number of nitrogens with one attached hydrogen (secondary N) is 1. The van der Waals surface area contributed by atoms with E-state index >= 15 is 0 Å². The molecule has 0 radical (unpaired) electrons. The van der Waals surface area contributed by atoms with Crippen molar-refractivity contribution in [3.8, 4) is 0 Å². The fraction of sp³-hybridized carbons (Fsp3) is 0.0952. The number of nitrogens with zero attached hydrogens (tertiary/aromatic N) is 3. The number of nitro benzene ring substituents is 1. The second-order valence-electron chi connectivity index (χ2n) is 6.41. The summed E-state index contributed by atoms with van der Waals surface area (Å²) in [5.41, 5.74) is -0.627. The number of rotatable bonds is 7. The third-order valence-electron chi connectivity index (χ3n) is 4.25. The van der Waals surface area contributed by atoms with Crippen molar-refractivity contribution in [3.05, 3.63) is 92.8 Å². The van der Waals surface area contributed by atoms with Crippen LogP contribution in [0.3, 0.4) is 0 Å². The summed E-state index contributed by atoms with van der Waals surface area (Å²) in [6.45, 7) is 1.35. The SMILES string of the molecule is CC(OC(=O)c1ccccc1C(=O)c1ccc(Cl)c([N+](=O)[O-])c1)C(=O)Nc1ncccn1. The van der Waals surface area contributed by atoms with Gasteiger partial charge in [-0.15, -0.1) is 0 Å². The molecule has 0 aliphatic rings. The molecule has 1 unspecified atom stereocenters. The van der Waals surface area contributed by atoms with E-state index in [-0.39, 0.29) is 27.7 Å². The Kier molecular flexibility index (Phi) is 6.86. The van der Waals surface area contributed by atoms with Crippen molar-refractivity contribution < 1.29 is 24.0 Å². The highest BCUT2D eigenvalue weighted by molar-refractivity contribution is 6.33. The highest BCUT2D eigenvalue weighted by atomic mass is 35.5. The van der Waals surface area contributed by atoms with E-state index < -0.39 is 34.4 Å². The van der Waals surface area contributed by atoms with Crippen molar-refractivity contribution in [2.45, 2.75) is 13.0 Å². The molecule has 1 N–H and O–H groups in total. The molecular formula is C21H15ClN4O6. The van der Waals surface area contributed by atoms with E-state index in [4.69, 9.17) is 16.3 Å². The third-order valence-corrected chi connectivity index (χ3v) is 4.57. The first-order chi connectivity index (χ1) is 15.3. The van der Waals surface area contributed by atoms with Crippen molar-refractivity contribution in [2.75, 3.05) is 5.32 Å². The zero-order chi connectivity index (χ0) is 23.3. The monoisotopic (exact) mass is 454 g/mol. The summed E-state index contributed by atoms with van der Waals surface area (Å²) in [6, 6.07) is 10.9. The molecule has 0 saturated heterocycles. The van der Waals surface area contributed by atoms with Crippen molar-refractivity contribution in [1.82, 2.24) is 9.97 Å². The lowest BCUT2D eigenvalue weighted by molar-refractivity contribution is -0.384. The summed E-state index contributed by atoms with van der Waals surface area (Å²) in [6.07, 6.45) is 1.65. The van der Waals surface area contributed by atoms with Gasteiger partial charge in [0.05, 0.1) is 10.5 Å². The number of hydrogen-bond acceptors (Lipinski definition) is 8. The second kappa shape index (κ2) is 9.75. The van der Waals surface area contributed by atoms with Gasteiger partial charge in [0, 0.05) is 29.6 Å². The average molecular weight is 455 g/mol. The number of carbonyl (C=O) groups excluding carboxylic acids is 3. The number of carbonyl (C=O) groups is 3. The molecule has 0 aliphatic heterocycles. The molecule has 3 aromatic rings. The number of ether oxygens (including phenoxy) is 1. The van der Waals surface area contributed by atoms with Crippen molar-refractivity contribution in [3.63, 3.8) is 0 Å². The van der Waals surface area contributed by atoms with Crippen LogP contribution in [-0.2, 0) is 9.53 Å². The predicted molar refractivity (Wildman–Crippen MR) is 114 cm³/mol. The highest BCUT2D eigenvalue weighted by Crippen LogP contribution is 2.27. The molecule has 1 atom stereocenters. The number of benzene rings is 2. The van der Waals surface area contributed by atoms with Gasteiger partial charge in [-0.25, -0.2) is 14.8 Å². The Hall–Kier alpha value is -4.18. The first-order valence-electron chi connectivity index (χ1n) is 9.14. The van der Waals surface area contributed by atoms with Crippen molar-refractivity contribution in [1.29, 1.82) is 0 Å². The fourth-order valence-electron chi connectivity index (χ4n) is 2.66. The number of amides is 1. The Morgan fingerprint density at radius 3 is 2.38 bits per heavy atom. The number of hydrogen-bond donors (Lipinski definition) is 1. The number of esters is 1. The maximum absolute atomic E-state index is 12.9. The molecule has 0 bridgehead atoms. The summed E-state index contributed by atoms with van der Waals surface area (Å²) < 4.78 is 5.19. The average Bonchev–Trinajstić information content (AvgIpc) is 2.79. The number of ketones is 1. The minimum atomic E-state index is -1.22. The van der Waals surface area contributed by atoms with E-state index in [1.165, 1.54) is 55.7 Å². The van der Waals surface area contributed by atoms with E-state index in [1.54, 1.807) is 6.07 Å². The highest BCUT2D eigenvalue weighted by Gasteiger charge is 2.25. The quantitative estimate of drug-likeness (QED) is 0.247. The summed E-state index contributed by atoms with van der Waals surface area (Å²) >= 11 is 5.79. The van der Waals surface area contributed by atoms with Gasteiger partial charge in [0.2, 0.25) is 5.95 Å². The third kappa shape index (κ3) is 5.10. The predicted octanol–water partition coefficient (Wildman–Crippen LogP) is 3.45. The zero-order valence-electron chi connectivity index (χ0n) is 16.5. The van der Waals surface area contributed by atoms with Crippen LogP contribution in [0, 0.1) is 10.1 Å². The van der Waals surface area contributed by atoms with Crippen LogP contribution in [0.1, 0.15) is 33.2 Å². The van der Waals surface area contributed by atoms with Gasteiger partial charge in [0.25, 0.3) is 11.6 Å². The molecule has 11 heteroatoms. The molecule has 0 aliphatic carbocycles. The van der Waals surface area contributed by atoms with Crippen molar-refractivity contribution in [2.24, 2.45) is 0 Å². The molecule has 1 heterocycles. The van der Waals surface area contributed by atoms with E-state index in [1.807, 2.05) is 0 Å². The van der Waals surface area contributed by atoms with Gasteiger partial charge in [-0.3, -0.25) is 25.0 Å². The molecular weight excluding hydrogens is 440 g/mol. The molecule has 32 heavy (non-hydrogen) atoms. The summed E-state index contributed by atoms with van der Waals surface area (Å²) in [4.78, 5) is 56.0. The molecule has 162 valence electrons. The Morgan fingerprint density at radius 2 is 1.72 bits per heavy atom. The number of halogens is 1. The smallest absolute Gasteiger partial charge is 0.339 e. The van der Waals surface area contributed by atoms with Gasteiger partial charge in [-0.05, 0) is 31.2 Å². The second-order valence-corrected chi connectivity index (χ2v) is 6.81. The Balaban J connectivity index is 1.80. The van der Waals surface area contributed by atoms with E-state index in [0.717, 1.165) is 6.07 Å². The molecule has 0 fully saturated rings. The Labute approximate surface area is 186 Å². The molecule has 3 rings (SSSR count). The molecule has 1 amide bonds. The fourth-order valence-corrected chi connectivity index (χ4v) is 2.85. The van der Waals surface area contributed by atoms with Crippen LogP contribution in [0.15, 0.2) is 60.9 Å². The molecule has 1 aromatic heterocycles. The van der Waals surface area contributed by atoms with Crippen LogP contribution in [0.5, 0.6) is 0 Å². The first-order valence-corrected chi connectivity index (χ1v) is 9.52. The summed E-state index contributed by atoms with van der Waals surface area (Å²) in [5.74, 6) is -2.19. The standard InChI is InChI=1S/C21H15ClN4O6/c1-12(19(28)25-21-23-9-4-10-24-21)32-20(29)15-6-3-2-5-14(15)18(27)13-7-8-16(22)17(11-13)26(30)31/h2-12H,1H3,(H,23,24,25,28). The van der Waals surface area contributed by atoms with Crippen LogP contribution in [0.2, 0.25) is 5.02 Å². The maximum atomic E-state index is 12.9. The van der Waals surface area contributed by atoms with Crippen molar-refractivity contribution >= 4 is 40.9 Å². The molecule has 0 saturated carbocycles. The first kappa shape index (κ1) is 22.5. The largest absolute Gasteiger partial charge is 0.449 e. The normalized spacial score (nSPS) is 11.3. The lowest BCUT2D eigenvalue weighted by atomic mass is 9.98. The molecule has 2 aromatic carbocycles. The topological polar surface area (TPSA) is 141 Å². The van der Waals surface area contributed by atoms with Crippen LogP contribution in [0.25, 0.3) is 0 Å². The Bertz CT molecular complexity index is 1200. The number of aromatic nitrogens is 2. The number of anilines is 1.